The quantitative estimate of drug-likeness (QED) is 0.813. The summed E-state index contributed by atoms with van der Waals surface area (Å²) in [6.45, 7) is 8.15. The van der Waals surface area contributed by atoms with Crippen molar-refractivity contribution in [2.24, 2.45) is 0 Å². The Balaban J connectivity index is 2.73. The molecule has 4 heteroatoms. The van der Waals surface area contributed by atoms with Crippen LogP contribution in [-0.2, 0) is 4.79 Å². The van der Waals surface area contributed by atoms with Gasteiger partial charge in [-0.2, -0.15) is 0 Å². The lowest BCUT2D eigenvalue weighted by atomic mass is 10.1. The van der Waals surface area contributed by atoms with Gasteiger partial charge in [-0.25, -0.2) is 4.79 Å². The van der Waals surface area contributed by atoms with Gasteiger partial charge in [0.05, 0.1) is 0 Å². The highest BCUT2D eigenvalue weighted by molar-refractivity contribution is 5.73. The van der Waals surface area contributed by atoms with Gasteiger partial charge < -0.3 is 15.2 Å². The molecule has 1 aromatic carbocycles. The fraction of sp³-hybridized carbons (Fsp3) is 0.500. The van der Waals surface area contributed by atoms with Crippen LogP contribution < -0.4 is 10.1 Å². The zero-order valence-corrected chi connectivity index (χ0v) is 11.4. The largest absolute Gasteiger partial charge is 0.478 e. The smallest absolute Gasteiger partial charge is 0.346 e. The van der Waals surface area contributed by atoms with Crippen molar-refractivity contribution in [1.82, 2.24) is 5.32 Å². The molecule has 0 aliphatic rings. The summed E-state index contributed by atoms with van der Waals surface area (Å²) in [5, 5.41) is 12.2. The van der Waals surface area contributed by atoms with E-state index in [1.807, 2.05) is 45.9 Å². The van der Waals surface area contributed by atoms with Crippen molar-refractivity contribution in [2.45, 2.75) is 39.8 Å². The number of carboxylic acid groups (broad SMARTS) is 1. The van der Waals surface area contributed by atoms with Crippen LogP contribution in [0.5, 0.6) is 5.75 Å². The van der Waals surface area contributed by atoms with Gasteiger partial charge in [-0.05, 0) is 37.1 Å². The maximum atomic E-state index is 11.1. The average Bonchev–Trinajstić information content (AvgIpc) is 2.22. The molecule has 0 aliphatic heterocycles. The van der Waals surface area contributed by atoms with Gasteiger partial charge in [0, 0.05) is 12.6 Å². The Hall–Kier alpha value is -1.55. The van der Waals surface area contributed by atoms with Crippen LogP contribution >= 0.6 is 0 Å². The first kappa shape index (κ1) is 14.5. The van der Waals surface area contributed by atoms with Gasteiger partial charge in [-0.15, -0.1) is 0 Å². The van der Waals surface area contributed by atoms with E-state index in [-0.39, 0.29) is 6.04 Å². The maximum absolute atomic E-state index is 11.1. The molecule has 1 aromatic rings. The van der Waals surface area contributed by atoms with Gasteiger partial charge in [0.2, 0.25) is 6.10 Å². The molecule has 0 spiro atoms. The van der Waals surface area contributed by atoms with Gasteiger partial charge in [-0.1, -0.05) is 19.9 Å². The Morgan fingerprint density at radius 2 is 1.83 bits per heavy atom. The van der Waals surface area contributed by atoms with Crippen LogP contribution in [0.25, 0.3) is 0 Å². The number of rotatable bonds is 6. The molecule has 100 valence electrons. The lowest BCUT2D eigenvalue weighted by Gasteiger charge is -2.18. The van der Waals surface area contributed by atoms with E-state index in [4.69, 9.17) is 9.84 Å². The SMILES string of the molecule is Cc1cc(C)cc(OC(CNC(C)C)C(=O)O)c1. The molecular formula is C14H21NO3. The molecule has 0 saturated carbocycles. The molecule has 0 amide bonds. The van der Waals surface area contributed by atoms with Gasteiger partial charge in [0.25, 0.3) is 0 Å². The maximum Gasteiger partial charge on any atom is 0.346 e. The summed E-state index contributed by atoms with van der Waals surface area (Å²) >= 11 is 0. The second-order valence-corrected chi connectivity index (χ2v) is 4.83. The number of aliphatic carboxylic acids is 1. The van der Waals surface area contributed by atoms with Gasteiger partial charge in [-0.3, -0.25) is 0 Å². The van der Waals surface area contributed by atoms with Crippen LogP contribution in [0.4, 0.5) is 0 Å². The van der Waals surface area contributed by atoms with E-state index in [1.54, 1.807) is 0 Å². The van der Waals surface area contributed by atoms with Crippen molar-refractivity contribution in [1.29, 1.82) is 0 Å². The number of hydrogen-bond acceptors (Lipinski definition) is 3. The van der Waals surface area contributed by atoms with Gasteiger partial charge in [0.1, 0.15) is 5.75 Å². The topological polar surface area (TPSA) is 58.6 Å². The minimum absolute atomic E-state index is 0.231. The van der Waals surface area contributed by atoms with Crippen molar-refractivity contribution >= 4 is 5.97 Å². The van der Waals surface area contributed by atoms with E-state index >= 15 is 0 Å². The number of carboxylic acids is 1. The van der Waals surface area contributed by atoms with Crippen LogP contribution in [0.15, 0.2) is 18.2 Å². The molecule has 2 N–H and O–H groups in total. The van der Waals surface area contributed by atoms with Gasteiger partial charge >= 0.3 is 5.97 Å². The zero-order valence-electron chi connectivity index (χ0n) is 11.4. The van der Waals surface area contributed by atoms with Crippen LogP contribution in [0, 0.1) is 13.8 Å². The first-order chi connectivity index (χ1) is 8.38. The van der Waals surface area contributed by atoms with Gasteiger partial charge in [0.15, 0.2) is 0 Å². The molecule has 0 radical (unpaired) electrons. The van der Waals surface area contributed by atoms with Crippen molar-refractivity contribution in [2.75, 3.05) is 6.54 Å². The highest BCUT2D eigenvalue weighted by Gasteiger charge is 2.19. The standard InChI is InChI=1S/C14H21NO3/c1-9(2)15-8-13(14(16)17)18-12-6-10(3)5-11(4)7-12/h5-7,9,13,15H,8H2,1-4H3,(H,16,17). The fourth-order valence-corrected chi connectivity index (χ4v) is 1.69. The normalized spacial score (nSPS) is 12.5. The summed E-state index contributed by atoms with van der Waals surface area (Å²) in [6.07, 6.45) is -0.867. The Morgan fingerprint density at radius 3 is 2.28 bits per heavy atom. The highest BCUT2D eigenvalue weighted by Crippen LogP contribution is 2.17. The molecule has 0 aliphatic carbocycles. The third kappa shape index (κ3) is 4.75. The first-order valence-corrected chi connectivity index (χ1v) is 6.09. The minimum Gasteiger partial charge on any atom is -0.478 e. The second kappa shape index (κ2) is 6.40. The summed E-state index contributed by atoms with van der Waals surface area (Å²) in [6, 6.07) is 5.95. The average molecular weight is 251 g/mol. The van der Waals surface area contributed by atoms with E-state index in [9.17, 15) is 4.79 Å². The molecule has 0 aromatic heterocycles. The molecule has 0 heterocycles. The number of benzene rings is 1. The van der Waals surface area contributed by atoms with E-state index < -0.39 is 12.1 Å². The third-order valence-electron chi connectivity index (χ3n) is 2.46. The van der Waals surface area contributed by atoms with Crippen molar-refractivity contribution in [3.05, 3.63) is 29.3 Å². The molecule has 0 fully saturated rings. The predicted octanol–water partition coefficient (Wildman–Crippen LogP) is 2.13. The molecule has 0 saturated heterocycles. The number of carbonyl (C=O) groups is 1. The summed E-state index contributed by atoms with van der Waals surface area (Å²) in [7, 11) is 0. The van der Waals surface area contributed by atoms with Crippen LogP contribution in [0.2, 0.25) is 0 Å². The lowest BCUT2D eigenvalue weighted by molar-refractivity contribution is -0.144. The number of hydrogen-bond donors (Lipinski definition) is 2. The summed E-state index contributed by atoms with van der Waals surface area (Å²) in [4.78, 5) is 11.1. The first-order valence-electron chi connectivity index (χ1n) is 6.09. The zero-order chi connectivity index (χ0) is 13.7. The molecular weight excluding hydrogens is 230 g/mol. The van der Waals surface area contributed by atoms with Crippen LogP contribution in [-0.4, -0.2) is 29.8 Å². The molecule has 0 bridgehead atoms. The van der Waals surface area contributed by atoms with Crippen LogP contribution in [0.3, 0.4) is 0 Å². The molecule has 4 nitrogen and oxygen atoms in total. The third-order valence-corrected chi connectivity index (χ3v) is 2.46. The number of nitrogens with one attached hydrogen (secondary N) is 1. The molecule has 1 unspecified atom stereocenters. The van der Waals surface area contributed by atoms with Crippen molar-refractivity contribution in [3.8, 4) is 5.75 Å². The van der Waals surface area contributed by atoms with Crippen molar-refractivity contribution < 1.29 is 14.6 Å². The summed E-state index contributed by atoms with van der Waals surface area (Å²) in [5.41, 5.74) is 2.12. The summed E-state index contributed by atoms with van der Waals surface area (Å²) < 4.78 is 5.53. The lowest BCUT2D eigenvalue weighted by Crippen LogP contribution is -2.40. The summed E-state index contributed by atoms with van der Waals surface area (Å²) in [5.74, 6) is -0.354. The number of ether oxygens (including phenoxy) is 1. The Kier molecular flexibility index (Phi) is 5.16. The Morgan fingerprint density at radius 1 is 1.28 bits per heavy atom. The van der Waals surface area contributed by atoms with E-state index in [0.29, 0.717) is 12.3 Å². The Labute approximate surface area is 108 Å². The Bertz CT molecular complexity index is 395. The van der Waals surface area contributed by atoms with E-state index in [0.717, 1.165) is 11.1 Å². The highest BCUT2D eigenvalue weighted by atomic mass is 16.5. The number of aryl methyl sites for hydroxylation is 2. The molecule has 1 atom stereocenters. The monoisotopic (exact) mass is 251 g/mol. The second-order valence-electron chi connectivity index (χ2n) is 4.83. The van der Waals surface area contributed by atoms with E-state index in [2.05, 4.69) is 5.32 Å². The van der Waals surface area contributed by atoms with E-state index in [1.165, 1.54) is 0 Å². The van der Waals surface area contributed by atoms with Crippen LogP contribution in [0.1, 0.15) is 25.0 Å². The minimum atomic E-state index is -0.956. The molecule has 18 heavy (non-hydrogen) atoms. The fourth-order valence-electron chi connectivity index (χ4n) is 1.69. The van der Waals surface area contributed by atoms with Crippen molar-refractivity contribution in [3.63, 3.8) is 0 Å². The molecule has 1 rings (SSSR count). The predicted molar refractivity (Wildman–Crippen MR) is 71.1 cm³/mol.